The van der Waals surface area contributed by atoms with Crippen LogP contribution in [0.4, 0.5) is 5.69 Å². The van der Waals surface area contributed by atoms with Crippen LogP contribution in [-0.4, -0.2) is 49.5 Å². The molecule has 168 valence electrons. The Balaban J connectivity index is 1.99. The van der Waals surface area contributed by atoms with Crippen LogP contribution in [0.5, 0.6) is 0 Å². The van der Waals surface area contributed by atoms with Crippen LogP contribution in [0, 0.1) is 0 Å². The SMILES string of the molecule is C=CCNS(=O)(=O)Cc1ccc(NC(=O)c2ccc(S(=O)(=O)NCCOC)cc2)cc1. The van der Waals surface area contributed by atoms with Crippen LogP contribution < -0.4 is 14.8 Å². The molecule has 0 fully saturated rings. The number of amides is 1. The van der Waals surface area contributed by atoms with E-state index in [1.54, 1.807) is 24.3 Å². The van der Waals surface area contributed by atoms with Crippen LogP contribution in [-0.2, 0) is 30.5 Å². The summed E-state index contributed by atoms with van der Waals surface area (Å²) in [5.41, 5.74) is 1.31. The third kappa shape index (κ3) is 7.89. The first-order chi connectivity index (χ1) is 14.7. The number of ether oxygens (including phenoxy) is 1. The first-order valence-corrected chi connectivity index (χ1v) is 12.4. The fraction of sp³-hybridized carbons (Fsp3) is 0.250. The first-order valence-electron chi connectivity index (χ1n) is 9.24. The number of sulfonamides is 2. The van der Waals surface area contributed by atoms with Crippen LogP contribution in [0.1, 0.15) is 15.9 Å². The number of hydrogen-bond acceptors (Lipinski definition) is 6. The third-order valence-electron chi connectivity index (χ3n) is 4.04. The minimum absolute atomic E-state index is 0.0378. The van der Waals surface area contributed by atoms with E-state index in [2.05, 4.69) is 21.3 Å². The highest BCUT2D eigenvalue weighted by molar-refractivity contribution is 7.89. The summed E-state index contributed by atoms with van der Waals surface area (Å²) in [6.07, 6.45) is 1.45. The van der Waals surface area contributed by atoms with Crippen LogP contribution in [0.25, 0.3) is 0 Å². The predicted molar refractivity (Wildman–Crippen MR) is 119 cm³/mol. The standard InChI is InChI=1S/C20H25N3O6S2/c1-3-12-21-30(25,26)15-16-4-8-18(9-5-16)23-20(24)17-6-10-19(11-7-17)31(27,28)22-13-14-29-2/h3-11,21-22H,1,12-15H2,2H3,(H,23,24). The number of nitrogens with one attached hydrogen (secondary N) is 3. The fourth-order valence-corrected chi connectivity index (χ4v) is 4.61. The lowest BCUT2D eigenvalue weighted by molar-refractivity contribution is 0.102. The smallest absolute Gasteiger partial charge is 0.255 e. The van der Waals surface area contributed by atoms with Crippen molar-refractivity contribution in [1.82, 2.24) is 9.44 Å². The minimum atomic E-state index is -3.68. The molecule has 0 bridgehead atoms. The summed E-state index contributed by atoms with van der Waals surface area (Å²) in [5, 5.41) is 2.68. The van der Waals surface area contributed by atoms with E-state index >= 15 is 0 Å². The third-order valence-corrected chi connectivity index (χ3v) is 6.84. The van der Waals surface area contributed by atoms with Gasteiger partial charge >= 0.3 is 0 Å². The number of carbonyl (C=O) groups excluding carboxylic acids is 1. The van der Waals surface area contributed by atoms with Crippen LogP contribution in [0.15, 0.2) is 66.1 Å². The van der Waals surface area contributed by atoms with E-state index in [9.17, 15) is 21.6 Å². The van der Waals surface area contributed by atoms with Gasteiger partial charge in [0.15, 0.2) is 0 Å². The molecule has 2 rings (SSSR count). The van der Waals surface area contributed by atoms with E-state index < -0.39 is 26.0 Å². The lowest BCUT2D eigenvalue weighted by Gasteiger charge is -2.09. The largest absolute Gasteiger partial charge is 0.383 e. The number of benzene rings is 2. The average Bonchev–Trinajstić information content (AvgIpc) is 2.74. The first kappa shape index (κ1) is 24.7. The van der Waals surface area contributed by atoms with Gasteiger partial charge in [0.25, 0.3) is 5.91 Å². The van der Waals surface area contributed by atoms with E-state index in [1.807, 2.05) is 0 Å². The van der Waals surface area contributed by atoms with Crippen molar-refractivity contribution in [2.75, 3.05) is 32.1 Å². The van der Waals surface area contributed by atoms with E-state index in [0.29, 0.717) is 11.3 Å². The molecule has 0 aliphatic heterocycles. The summed E-state index contributed by atoms with van der Waals surface area (Å²) in [7, 11) is -5.68. The molecule has 1 amide bonds. The minimum Gasteiger partial charge on any atom is -0.383 e. The normalized spacial score (nSPS) is 11.8. The second-order valence-electron chi connectivity index (χ2n) is 6.46. The van der Waals surface area contributed by atoms with Crippen molar-refractivity contribution in [3.8, 4) is 0 Å². The van der Waals surface area contributed by atoms with Crippen LogP contribution >= 0.6 is 0 Å². The quantitative estimate of drug-likeness (QED) is 0.320. The van der Waals surface area contributed by atoms with Gasteiger partial charge in [-0.3, -0.25) is 4.79 Å². The molecular formula is C20H25N3O6S2. The van der Waals surface area contributed by atoms with Crippen molar-refractivity contribution >= 4 is 31.6 Å². The number of hydrogen-bond donors (Lipinski definition) is 3. The van der Waals surface area contributed by atoms with E-state index in [4.69, 9.17) is 4.74 Å². The maximum Gasteiger partial charge on any atom is 0.255 e. The van der Waals surface area contributed by atoms with E-state index in [1.165, 1.54) is 37.5 Å². The maximum atomic E-state index is 12.4. The Bertz CT molecular complexity index is 1100. The molecular weight excluding hydrogens is 442 g/mol. The lowest BCUT2D eigenvalue weighted by atomic mass is 10.2. The summed E-state index contributed by atoms with van der Waals surface area (Å²) < 4.78 is 57.7. The summed E-state index contributed by atoms with van der Waals surface area (Å²) in [6, 6.07) is 11.9. The Hall–Kier alpha value is -2.57. The summed E-state index contributed by atoms with van der Waals surface area (Å²) >= 11 is 0. The molecule has 0 aliphatic carbocycles. The van der Waals surface area contributed by atoms with Crippen molar-refractivity contribution in [2.24, 2.45) is 0 Å². The van der Waals surface area contributed by atoms with Gasteiger partial charge in [0.05, 0.1) is 17.3 Å². The Kier molecular flexibility index (Phi) is 8.89. The van der Waals surface area contributed by atoms with Gasteiger partial charge in [-0.15, -0.1) is 6.58 Å². The van der Waals surface area contributed by atoms with E-state index in [0.717, 1.165) is 0 Å². The molecule has 11 heteroatoms. The zero-order valence-corrected chi connectivity index (χ0v) is 18.6. The van der Waals surface area contributed by atoms with Crippen LogP contribution in [0.2, 0.25) is 0 Å². The zero-order valence-electron chi connectivity index (χ0n) is 17.0. The van der Waals surface area contributed by atoms with Gasteiger partial charge in [0.1, 0.15) is 0 Å². The maximum absolute atomic E-state index is 12.4. The number of methoxy groups -OCH3 is 1. The summed E-state index contributed by atoms with van der Waals surface area (Å²) in [6.45, 7) is 4.00. The van der Waals surface area contributed by atoms with Crippen molar-refractivity contribution in [3.05, 3.63) is 72.3 Å². The summed E-state index contributed by atoms with van der Waals surface area (Å²) in [4.78, 5) is 12.4. The van der Waals surface area contributed by atoms with Gasteiger partial charge in [0, 0.05) is 31.5 Å². The van der Waals surface area contributed by atoms with Gasteiger partial charge < -0.3 is 10.1 Å². The Morgan fingerprint density at radius 1 is 1.00 bits per heavy atom. The monoisotopic (exact) mass is 467 g/mol. The van der Waals surface area contributed by atoms with E-state index in [-0.39, 0.29) is 35.9 Å². The predicted octanol–water partition coefficient (Wildman–Crippen LogP) is 1.47. The summed E-state index contributed by atoms with van der Waals surface area (Å²) in [5.74, 6) is -0.618. The number of anilines is 1. The average molecular weight is 468 g/mol. The highest BCUT2D eigenvalue weighted by Crippen LogP contribution is 2.15. The zero-order chi connectivity index (χ0) is 22.9. The fourth-order valence-electron chi connectivity index (χ4n) is 2.49. The molecule has 0 saturated heterocycles. The molecule has 3 N–H and O–H groups in total. The van der Waals surface area contributed by atoms with Gasteiger partial charge in [0.2, 0.25) is 20.0 Å². The Morgan fingerprint density at radius 2 is 1.65 bits per heavy atom. The van der Waals surface area contributed by atoms with Crippen molar-refractivity contribution < 1.29 is 26.4 Å². The number of rotatable bonds is 12. The molecule has 2 aromatic rings. The molecule has 0 aliphatic rings. The molecule has 31 heavy (non-hydrogen) atoms. The molecule has 0 radical (unpaired) electrons. The Morgan fingerprint density at radius 3 is 2.23 bits per heavy atom. The second-order valence-corrected chi connectivity index (χ2v) is 10.0. The molecule has 0 heterocycles. The highest BCUT2D eigenvalue weighted by atomic mass is 32.2. The van der Waals surface area contributed by atoms with Gasteiger partial charge in [-0.05, 0) is 42.0 Å². The molecule has 9 nitrogen and oxygen atoms in total. The molecule has 0 spiro atoms. The Labute approximate surface area is 182 Å². The van der Waals surface area contributed by atoms with Crippen molar-refractivity contribution in [2.45, 2.75) is 10.6 Å². The number of carbonyl (C=O) groups is 1. The van der Waals surface area contributed by atoms with Crippen LogP contribution in [0.3, 0.4) is 0 Å². The molecule has 2 aromatic carbocycles. The molecule has 0 aromatic heterocycles. The van der Waals surface area contributed by atoms with Gasteiger partial charge in [-0.1, -0.05) is 18.2 Å². The molecule has 0 saturated carbocycles. The highest BCUT2D eigenvalue weighted by Gasteiger charge is 2.15. The molecule has 0 unspecified atom stereocenters. The second kappa shape index (κ2) is 11.2. The lowest BCUT2D eigenvalue weighted by Crippen LogP contribution is -2.27. The van der Waals surface area contributed by atoms with Gasteiger partial charge in [-0.2, -0.15) is 0 Å². The molecule has 0 atom stereocenters. The van der Waals surface area contributed by atoms with Gasteiger partial charge in [-0.25, -0.2) is 26.3 Å². The van der Waals surface area contributed by atoms with Crippen molar-refractivity contribution in [1.29, 1.82) is 0 Å². The topological polar surface area (TPSA) is 131 Å². The van der Waals surface area contributed by atoms with Crippen molar-refractivity contribution in [3.63, 3.8) is 0 Å².